The lowest BCUT2D eigenvalue weighted by molar-refractivity contribution is -0.137. The SMILES string of the molecule is COCCONC(=O)C(C)n1cnc2ccccc21. The Morgan fingerprint density at radius 3 is 3.00 bits per heavy atom. The summed E-state index contributed by atoms with van der Waals surface area (Å²) in [6.07, 6.45) is 1.66. The second-order valence-corrected chi connectivity index (χ2v) is 4.12. The molecule has 1 heterocycles. The minimum absolute atomic E-state index is 0.223. The van der Waals surface area contributed by atoms with E-state index < -0.39 is 6.04 Å². The summed E-state index contributed by atoms with van der Waals surface area (Å²) in [5, 5.41) is 0. The average molecular weight is 263 g/mol. The molecule has 0 fully saturated rings. The molecule has 6 nitrogen and oxygen atoms in total. The predicted octanol–water partition coefficient (Wildman–Crippen LogP) is 1.29. The van der Waals surface area contributed by atoms with Crippen LogP contribution in [0.25, 0.3) is 11.0 Å². The van der Waals surface area contributed by atoms with Crippen LogP contribution in [0.15, 0.2) is 30.6 Å². The van der Waals surface area contributed by atoms with Gasteiger partial charge in [-0.2, -0.15) is 0 Å². The van der Waals surface area contributed by atoms with Crippen LogP contribution in [0.4, 0.5) is 0 Å². The van der Waals surface area contributed by atoms with Gasteiger partial charge in [0.15, 0.2) is 0 Å². The first-order valence-electron chi connectivity index (χ1n) is 6.06. The third-order valence-electron chi connectivity index (χ3n) is 2.84. The van der Waals surface area contributed by atoms with Crippen LogP contribution in [-0.2, 0) is 14.4 Å². The van der Waals surface area contributed by atoms with Crippen molar-refractivity contribution in [2.45, 2.75) is 13.0 Å². The number of carbonyl (C=O) groups excluding carboxylic acids is 1. The van der Waals surface area contributed by atoms with Crippen molar-refractivity contribution in [3.63, 3.8) is 0 Å². The van der Waals surface area contributed by atoms with E-state index >= 15 is 0 Å². The molecule has 0 aliphatic heterocycles. The fourth-order valence-electron chi connectivity index (χ4n) is 1.75. The van der Waals surface area contributed by atoms with Crippen LogP contribution in [0.1, 0.15) is 13.0 Å². The monoisotopic (exact) mass is 263 g/mol. The van der Waals surface area contributed by atoms with Crippen molar-refractivity contribution in [1.82, 2.24) is 15.0 Å². The molecule has 6 heteroatoms. The Morgan fingerprint density at radius 2 is 2.21 bits per heavy atom. The molecule has 0 saturated heterocycles. The maximum Gasteiger partial charge on any atom is 0.266 e. The van der Waals surface area contributed by atoms with Gasteiger partial charge in [-0.3, -0.25) is 9.63 Å². The number of amides is 1. The van der Waals surface area contributed by atoms with Gasteiger partial charge in [0.1, 0.15) is 6.04 Å². The highest BCUT2D eigenvalue weighted by Crippen LogP contribution is 2.17. The Hall–Kier alpha value is -1.92. The molecular weight excluding hydrogens is 246 g/mol. The summed E-state index contributed by atoms with van der Waals surface area (Å²) in [5.41, 5.74) is 4.18. The molecule has 2 rings (SSSR count). The van der Waals surface area contributed by atoms with Gasteiger partial charge in [-0.15, -0.1) is 0 Å². The van der Waals surface area contributed by atoms with Crippen LogP contribution in [0.2, 0.25) is 0 Å². The molecule has 2 aromatic rings. The van der Waals surface area contributed by atoms with Crippen LogP contribution in [0.5, 0.6) is 0 Å². The van der Waals surface area contributed by atoms with Gasteiger partial charge in [0.25, 0.3) is 5.91 Å². The number of methoxy groups -OCH3 is 1. The molecule has 0 aliphatic carbocycles. The van der Waals surface area contributed by atoms with Gasteiger partial charge in [0.2, 0.25) is 0 Å². The van der Waals surface area contributed by atoms with Gasteiger partial charge in [0, 0.05) is 7.11 Å². The fraction of sp³-hybridized carbons (Fsp3) is 0.385. The van der Waals surface area contributed by atoms with Crippen LogP contribution < -0.4 is 5.48 Å². The van der Waals surface area contributed by atoms with Crippen LogP contribution in [0, 0.1) is 0 Å². The van der Waals surface area contributed by atoms with E-state index in [0.29, 0.717) is 13.2 Å². The van der Waals surface area contributed by atoms with Gasteiger partial charge in [-0.25, -0.2) is 10.5 Å². The second-order valence-electron chi connectivity index (χ2n) is 4.12. The lowest BCUT2D eigenvalue weighted by atomic mass is 10.2. The van der Waals surface area contributed by atoms with Crippen molar-refractivity contribution < 1.29 is 14.4 Å². The van der Waals surface area contributed by atoms with Crippen molar-refractivity contribution in [2.24, 2.45) is 0 Å². The Bertz CT molecular complexity index is 553. The Kier molecular flexibility index (Phi) is 4.48. The number of benzene rings is 1. The van der Waals surface area contributed by atoms with Gasteiger partial charge in [0.05, 0.1) is 30.6 Å². The number of imidazole rings is 1. The van der Waals surface area contributed by atoms with Crippen molar-refractivity contribution in [1.29, 1.82) is 0 Å². The largest absolute Gasteiger partial charge is 0.382 e. The molecule has 1 amide bonds. The van der Waals surface area contributed by atoms with E-state index in [2.05, 4.69) is 10.5 Å². The number of aromatic nitrogens is 2. The van der Waals surface area contributed by atoms with E-state index in [9.17, 15) is 4.79 Å². The van der Waals surface area contributed by atoms with E-state index in [-0.39, 0.29) is 5.91 Å². The number of para-hydroxylation sites is 2. The van der Waals surface area contributed by atoms with Crippen LogP contribution in [0.3, 0.4) is 0 Å². The van der Waals surface area contributed by atoms with Gasteiger partial charge in [-0.1, -0.05) is 12.1 Å². The molecule has 0 radical (unpaired) electrons. The van der Waals surface area contributed by atoms with Crippen molar-refractivity contribution in [2.75, 3.05) is 20.3 Å². The number of fused-ring (bicyclic) bond motifs is 1. The Morgan fingerprint density at radius 1 is 1.42 bits per heavy atom. The minimum atomic E-state index is -0.394. The second kappa shape index (κ2) is 6.31. The normalized spacial score (nSPS) is 12.5. The van der Waals surface area contributed by atoms with Crippen LogP contribution in [-0.4, -0.2) is 35.8 Å². The summed E-state index contributed by atoms with van der Waals surface area (Å²) in [5.74, 6) is -0.223. The molecule has 0 saturated carbocycles. The molecule has 0 spiro atoms. The first-order valence-corrected chi connectivity index (χ1v) is 6.06. The summed E-state index contributed by atoms with van der Waals surface area (Å²) in [6.45, 7) is 2.55. The summed E-state index contributed by atoms with van der Waals surface area (Å²) < 4.78 is 6.63. The Labute approximate surface area is 111 Å². The lowest BCUT2D eigenvalue weighted by Gasteiger charge is -2.14. The minimum Gasteiger partial charge on any atom is -0.382 e. The molecule has 1 N–H and O–H groups in total. The maximum atomic E-state index is 11.9. The zero-order valence-electron chi connectivity index (χ0n) is 11.0. The summed E-state index contributed by atoms with van der Waals surface area (Å²) in [7, 11) is 1.57. The summed E-state index contributed by atoms with van der Waals surface area (Å²) in [6, 6.07) is 7.28. The van der Waals surface area contributed by atoms with Gasteiger partial charge in [-0.05, 0) is 19.1 Å². The number of hydrogen-bond acceptors (Lipinski definition) is 4. The van der Waals surface area contributed by atoms with Crippen LogP contribution >= 0.6 is 0 Å². The number of carbonyl (C=O) groups is 1. The Balaban J connectivity index is 2.02. The number of nitrogens with zero attached hydrogens (tertiary/aromatic N) is 2. The molecule has 1 unspecified atom stereocenters. The molecule has 19 heavy (non-hydrogen) atoms. The van der Waals surface area contributed by atoms with E-state index in [1.807, 2.05) is 28.8 Å². The molecular formula is C13H17N3O3. The number of rotatable bonds is 6. The molecule has 1 aromatic heterocycles. The average Bonchev–Trinajstić information content (AvgIpc) is 2.86. The molecule has 1 atom stereocenters. The smallest absolute Gasteiger partial charge is 0.266 e. The molecule has 0 aliphatic rings. The highest BCUT2D eigenvalue weighted by atomic mass is 16.7. The third kappa shape index (κ3) is 3.10. The fourth-order valence-corrected chi connectivity index (χ4v) is 1.75. The highest BCUT2D eigenvalue weighted by molar-refractivity contribution is 5.82. The predicted molar refractivity (Wildman–Crippen MR) is 70.4 cm³/mol. The maximum absolute atomic E-state index is 11.9. The number of hydrogen-bond donors (Lipinski definition) is 1. The number of nitrogens with one attached hydrogen (secondary N) is 1. The van der Waals surface area contributed by atoms with Crippen molar-refractivity contribution in [3.05, 3.63) is 30.6 Å². The first kappa shape index (κ1) is 13.5. The lowest BCUT2D eigenvalue weighted by Crippen LogP contribution is -2.31. The van der Waals surface area contributed by atoms with Crippen molar-refractivity contribution in [3.8, 4) is 0 Å². The zero-order chi connectivity index (χ0) is 13.7. The van der Waals surface area contributed by atoms with E-state index in [1.165, 1.54) is 0 Å². The third-order valence-corrected chi connectivity index (χ3v) is 2.84. The molecule has 0 bridgehead atoms. The zero-order valence-corrected chi connectivity index (χ0v) is 11.0. The van der Waals surface area contributed by atoms with Gasteiger partial charge >= 0.3 is 0 Å². The standard InChI is InChI=1S/C13H17N3O3/c1-10(13(17)15-19-8-7-18-2)16-9-14-11-5-3-4-6-12(11)16/h3-6,9-10H,7-8H2,1-2H3,(H,15,17). The summed E-state index contributed by atoms with van der Waals surface area (Å²) in [4.78, 5) is 21.2. The van der Waals surface area contributed by atoms with E-state index in [1.54, 1.807) is 20.4 Å². The van der Waals surface area contributed by atoms with Crippen molar-refractivity contribution >= 4 is 16.9 Å². The highest BCUT2D eigenvalue weighted by Gasteiger charge is 2.16. The first-order chi connectivity index (χ1) is 9.24. The number of ether oxygens (including phenoxy) is 1. The summed E-state index contributed by atoms with van der Waals surface area (Å²) >= 11 is 0. The van der Waals surface area contributed by atoms with Gasteiger partial charge < -0.3 is 9.30 Å². The van der Waals surface area contributed by atoms with E-state index in [0.717, 1.165) is 11.0 Å². The van der Waals surface area contributed by atoms with E-state index in [4.69, 9.17) is 9.57 Å². The number of hydroxylamine groups is 1. The topological polar surface area (TPSA) is 65.4 Å². The molecule has 102 valence electrons. The molecule has 1 aromatic carbocycles. The quantitative estimate of drug-likeness (QED) is 0.630.